The average Bonchev–Trinajstić information content (AvgIpc) is 2.86. The molecule has 178 valence electrons. The first kappa shape index (κ1) is 24.3. The topological polar surface area (TPSA) is 9.23 Å². The van der Waals surface area contributed by atoms with Crippen molar-refractivity contribution in [3.8, 4) is 16.9 Å². The molecule has 0 amide bonds. The molecule has 1 atom stereocenters. The molecule has 0 saturated heterocycles. The van der Waals surface area contributed by atoms with Crippen LogP contribution >= 0.6 is 11.6 Å². The van der Waals surface area contributed by atoms with Crippen LogP contribution < -0.4 is 4.74 Å². The molecule has 0 N–H and O–H groups in total. The van der Waals surface area contributed by atoms with Gasteiger partial charge in [0, 0.05) is 5.56 Å². The maximum atomic E-state index is 15.2. The molecular formula is C30H38ClFO. The SMILES string of the molecule is CCCCCC1CCC(C2CC=C(c3ccc(-c4ccc(OC)cc4)c(F)c3Cl)CC2)CC1. The Balaban J connectivity index is 1.38. The maximum Gasteiger partial charge on any atom is 0.150 e. The third-order valence-electron chi connectivity index (χ3n) is 8.05. The molecule has 0 radical (unpaired) electrons. The third-order valence-corrected chi connectivity index (χ3v) is 8.42. The highest BCUT2D eigenvalue weighted by Gasteiger charge is 2.29. The van der Waals surface area contributed by atoms with Crippen molar-refractivity contribution in [1.29, 1.82) is 0 Å². The van der Waals surface area contributed by atoms with Gasteiger partial charge in [0.1, 0.15) is 11.6 Å². The number of benzene rings is 2. The van der Waals surface area contributed by atoms with Crippen LogP contribution in [0.5, 0.6) is 5.75 Å². The monoisotopic (exact) mass is 468 g/mol. The fourth-order valence-corrected chi connectivity index (χ4v) is 6.24. The van der Waals surface area contributed by atoms with Crippen LogP contribution in [-0.4, -0.2) is 7.11 Å². The highest BCUT2D eigenvalue weighted by molar-refractivity contribution is 6.32. The predicted molar refractivity (Wildman–Crippen MR) is 138 cm³/mol. The highest BCUT2D eigenvalue weighted by atomic mass is 35.5. The lowest BCUT2D eigenvalue weighted by atomic mass is 9.70. The van der Waals surface area contributed by atoms with Crippen molar-refractivity contribution in [3.05, 3.63) is 58.9 Å². The molecule has 2 aromatic carbocycles. The van der Waals surface area contributed by atoms with E-state index >= 15 is 4.39 Å². The molecule has 2 aliphatic rings. The summed E-state index contributed by atoms with van der Waals surface area (Å²) < 4.78 is 20.4. The smallest absolute Gasteiger partial charge is 0.150 e. The van der Waals surface area contributed by atoms with Crippen molar-refractivity contribution in [3.63, 3.8) is 0 Å². The van der Waals surface area contributed by atoms with E-state index in [1.165, 1.54) is 63.4 Å². The van der Waals surface area contributed by atoms with E-state index < -0.39 is 0 Å². The Morgan fingerprint density at radius 3 is 2.27 bits per heavy atom. The number of hydrogen-bond donors (Lipinski definition) is 0. The van der Waals surface area contributed by atoms with Crippen molar-refractivity contribution >= 4 is 17.2 Å². The summed E-state index contributed by atoms with van der Waals surface area (Å²) in [6.07, 6.45) is 16.9. The van der Waals surface area contributed by atoms with Gasteiger partial charge in [-0.05, 0) is 78.7 Å². The van der Waals surface area contributed by atoms with Gasteiger partial charge in [0.25, 0.3) is 0 Å². The van der Waals surface area contributed by atoms with E-state index in [-0.39, 0.29) is 10.8 Å². The summed E-state index contributed by atoms with van der Waals surface area (Å²) in [5.41, 5.74) is 3.43. The zero-order valence-electron chi connectivity index (χ0n) is 20.2. The van der Waals surface area contributed by atoms with Crippen LogP contribution in [0.25, 0.3) is 16.7 Å². The molecule has 1 fully saturated rings. The fraction of sp³-hybridized carbons (Fsp3) is 0.533. The van der Waals surface area contributed by atoms with Crippen LogP contribution in [0, 0.1) is 23.6 Å². The van der Waals surface area contributed by atoms with Crippen LogP contribution in [0.4, 0.5) is 4.39 Å². The van der Waals surface area contributed by atoms with Gasteiger partial charge >= 0.3 is 0 Å². The first-order valence-electron chi connectivity index (χ1n) is 12.9. The molecule has 1 saturated carbocycles. The second-order valence-electron chi connectivity index (χ2n) is 10.1. The van der Waals surface area contributed by atoms with Crippen LogP contribution in [-0.2, 0) is 0 Å². The van der Waals surface area contributed by atoms with E-state index in [0.29, 0.717) is 5.56 Å². The minimum atomic E-state index is -0.330. The van der Waals surface area contributed by atoms with E-state index in [9.17, 15) is 0 Å². The van der Waals surface area contributed by atoms with Crippen LogP contribution in [0.1, 0.15) is 83.1 Å². The van der Waals surface area contributed by atoms with Crippen molar-refractivity contribution in [2.75, 3.05) is 7.11 Å². The quantitative estimate of drug-likeness (QED) is 0.350. The summed E-state index contributed by atoms with van der Waals surface area (Å²) in [4.78, 5) is 0. The number of unbranched alkanes of at least 4 members (excludes halogenated alkanes) is 2. The standard InChI is InChI=1S/C30H38ClFO/c1-3-4-5-6-21-7-9-22(10-8-21)23-11-13-24(14-12-23)27-19-20-28(30(32)29(27)31)25-15-17-26(33-2)18-16-25/h13,15-23H,3-12,14H2,1-2H3. The lowest BCUT2D eigenvalue weighted by Crippen LogP contribution is -2.23. The second kappa shape index (κ2) is 11.6. The summed E-state index contributed by atoms with van der Waals surface area (Å²) in [7, 11) is 1.63. The van der Waals surface area contributed by atoms with E-state index in [0.717, 1.165) is 47.5 Å². The van der Waals surface area contributed by atoms with Crippen molar-refractivity contribution in [2.24, 2.45) is 17.8 Å². The predicted octanol–water partition coefficient (Wildman–Crippen LogP) is 9.72. The number of hydrogen-bond acceptors (Lipinski definition) is 1. The van der Waals surface area contributed by atoms with E-state index in [1.54, 1.807) is 7.11 Å². The van der Waals surface area contributed by atoms with Gasteiger partial charge in [-0.1, -0.05) is 87.4 Å². The number of rotatable bonds is 8. The Morgan fingerprint density at radius 2 is 1.64 bits per heavy atom. The molecular weight excluding hydrogens is 431 g/mol. The lowest BCUT2D eigenvalue weighted by Gasteiger charge is -2.35. The number of halogens is 2. The molecule has 1 nitrogen and oxygen atoms in total. The zero-order chi connectivity index (χ0) is 23.2. The minimum absolute atomic E-state index is 0.251. The van der Waals surface area contributed by atoms with Crippen LogP contribution in [0.3, 0.4) is 0 Å². The van der Waals surface area contributed by atoms with Gasteiger partial charge in [0.05, 0.1) is 12.1 Å². The van der Waals surface area contributed by atoms with Gasteiger partial charge in [-0.25, -0.2) is 4.39 Å². The number of allylic oxidation sites excluding steroid dienone is 2. The number of ether oxygens (including phenoxy) is 1. The molecule has 2 aromatic rings. The molecule has 4 rings (SSSR count). The van der Waals surface area contributed by atoms with E-state index in [4.69, 9.17) is 16.3 Å². The first-order chi connectivity index (χ1) is 16.1. The van der Waals surface area contributed by atoms with Gasteiger partial charge in [-0.15, -0.1) is 0 Å². The summed E-state index contributed by atoms with van der Waals surface area (Å²) in [5.74, 6) is 3.05. The zero-order valence-corrected chi connectivity index (χ0v) is 21.0. The molecule has 0 aromatic heterocycles. The Labute approximate surface area is 204 Å². The summed E-state index contributed by atoms with van der Waals surface area (Å²) in [5, 5.41) is 0.251. The van der Waals surface area contributed by atoms with Gasteiger partial charge in [0.2, 0.25) is 0 Å². The molecule has 0 aliphatic heterocycles. The molecule has 0 heterocycles. The fourth-order valence-electron chi connectivity index (χ4n) is 5.95. The van der Waals surface area contributed by atoms with Crippen LogP contribution in [0.2, 0.25) is 5.02 Å². The molecule has 0 spiro atoms. The Hall–Kier alpha value is -1.80. The summed E-state index contributed by atoms with van der Waals surface area (Å²) >= 11 is 6.55. The molecule has 33 heavy (non-hydrogen) atoms. The van der Waals surface area contributed by atoms with Crippen molar-refractivity contribution < 1.29 is 9.13 Å². The molecule has 0 bridgehead atoms. The minimum Gasteiger partial charge on any atom is -0.497 e. The van der Waals surface area contributed by atoms with Crippen molar-refractivity contribution in [2.45, 2.75) is 77.6 Å². The summed E-state index contributed by atoms with van der Waals surface area (Å²) in [6, 6.07) is 11.3. The van der Waals surface area contributed by atoms with Crippen molar-refractivity contribution in [1.82, 2.24) is 0 Å². The normalized spacial score (nSPS) is 23.3. The average molecular weight is 469 g/mol. The third kappa shape index (κ3) is 5.83. The lowest BCUT2D eigenvalue weighted by molar-refractivity contribution is 0.187. The maximum absolute atomic E-state index is 15.2. The van der Waals surface area contributed by atoms with Gasteiger partial charge in [0.15, 0.2) is 0 Å². The van der Waals surface area contributed by atoms with Crippen LogP contribution in [0.15, 0.2) is 42.5 Å². The van der Waals surface area contributed by atoms with Gasteiger partial charge < -0.3 is 4.74 Å². The van der Waals surface area contributed by atoms with E-state index in [1.807, 2.05) is 36.4 Å². The van der Waals surface area contributed by atoms with Gasteiger partial charge in [-0.3, -0.25) is 0 Å². The second-order valence-corrected chi connectivity index (χ2v) is 10.4. The Morgan fingerprint density at radius 1 is 0.909 bits per heavy atom. The summed E-state index contributed by atoms with van der Waals surface area (Å²) in [6.45, 7) is 2.29. The Bertz CT molecular complexity index is 941. The largest absolute Gasteiger partial charge is 0.497 e. The molecule has 1 unspecified atom stereocenters. The molecule has 2 aliphatic carbocycles. The first-order valence-corrected chi connectivity index (χ1v) is 13.3. The highest BCUT2D eigenvalue weighted by Crippen LogP contribution is 2.44. The molecule has 3 heteroatoms. The van der Waals surface area contributed by atoms with Gasteiger partial charge in [-0.2, -0.15) is 0 Å². The van der Waals surface area contributed by atoms with E-state index in [2.05, 4.69) is 13.0 Å². The number of methoxy groups -OCH3 is 1. The Kier molecular flexibility index (Phi) is 8.52.